The van der Waals surface area contributed by atoms with E-state index in [4.69, 9.17) is 4.74 Å². The Hall–Kier alpha value is -2.21. The lowest BCUT2D eigenvalue weighted by Gasteiger charge is -1.97. The van der Waals surface area contributed by atoms with Gasteiger partial charge in [-0.15, -0.1) is 0 Å². The van der Waals surface area contributed by atoms with E-state index < -0.39 is 0 Å². The largest absolute Gasteiger partial charge is 0.462 e. The molecule has 0 aliphatic carbocycles. The first kappa shape index (κ1) is 14.2. The van der Waals surface area contributed by atoms with E-state index in [1.165, 1.54) is 11.3 Å². The Morgan fingerprint density at radius 2 is 2.20 bits per heavy atom. The van der Waals surface area contributed by atoms with Crippen molar-refractivity contribution in [1.29, 1.82) is 0 Å². The highest BCUT2D eigenvalue weighted by molar-refractivity contribution is 7.17. The van der Waals surface area contributed by atoms with Crippen molar-refractivity contribution in [3.8, 4) is 0 Å². The molecule has 0 amide bonds. The summed E-state index contributed by atoms with van der Waals surface area (Å²) in [6, 6.07) is 9.72. The first-order valence-electron chi connectivity index (χ1n) is 6.19. The van der Waals surface area contributed by atoms with Crippen LogP contribution in [0.2, 0.25) is 0 Å². The molecule has 0 spiro atoms. The lowest BCUT2D eigenvalue weighted by Crippen LogP contribution is -2.03. The third kappa shape index (κ3) is 3.64. The van der Waals surface area contributed by atoms with Crippen molar-refractivity contribution < 1.29 is 9.53 Å². The molecule has 6 heteroatoms. The summed E-state index contributed by atoms with van der Waals surface area (Å²) in [6.07, 6.45) is 1.70. The van der Waals surface area contributed by atoms with Gasteiger partial charge in [0.25, 0.3) is 0 Å². The minimum absolute atomic E-state index is 0.345. The summed E-state index contributed by atoms with van der Waals surface area (Å²) in [4.78, 5) is 16.4. The molecule has 20 heavy (non-hydrogen) atoms. The van der Waals surface area contributed by atoms with Gasteiger partial charge in [-0.1, -0.05) is 41.7 Å². The second-order valence-corrected chi connectivity index (χ2v) is 4.93. The Morgan fingerprint density at radius 3 is 2.90 bits per heavy atom. The van der Waals surface area contributed by atoms with E-state index >= 15 is 0 Å². The average molecular weight is 289 g/mol. The van der Waals surface area contributed by atoms with Crippen molar-refractivity contribution in [3.63, 3.8) is 0 Å². The summed E-state index contributed by atoms with van der Waals surface area (Å²) in [5.74, 6) is -0.345. The number of anilines is 1. The lowest BCUT2D eigenvalue weighted by atomic mass is 10.2. The first-order valence-corrected chi connectivity index (χ1v) is 7.01. The highest BCUT2D eigenvalue weighted by Gasteiger charge is 2.15. The van der Waals surface area contributed by atoms with Gasteiger partial charge in [0.2, 0.25) is 5.13 Å². The summed E-state index contributed by atoms with van der Waals surface area (Å²) in [7, 11) is 0. The Bertz CT molecular complexity index is 608. The smallest absolute Gasteiger partial charge is 0.350 e. The molecule has 1 aromatic carbocycles. The predicted molar refractivity (Wildman–Crippen MR) is 80.5 cm³/mol. The minimum atomic E-state index is -0.345. The number of hydrogen-bond acceptors (Lipinski definition) is 6. The molecule has 0 radical (unpaired) electrons. The van der Waals surface area contributed by atoms with Gasteiger partial charge in [0.15, 0.2) is 0 Å². The predicted octanol–water partition coefficient (Wildman–Crippen LogP) is 3.07. The molecule has 2 aromatic rings. The van der Waals surface area contributed by atoms with E-state index in [0.717, 1.165) is 5.56 Å². The van der Waals surface area contributed by atoms with Gasteiger partial charge >= 0.3 is 5.97 Å². The van der Waals surface area contributed by atoms with Gasteiger partial charge in [0.1, 0.15) is 4.88 Å². The summed E-state index contributed by atoms with van der Waals surface area (Å²) in [5.41, 5.74) is 4.45. The zero-order valence-electron chi connectivity index (χ0n) is 11.3. The molecule has 0 aliphatic heterocycles. The number of carbonyl (C=O) groups is 1. The number of carbonyl (C=O) groups excluding carboxylic acids is 1. The summed E-state index contributed by atoms with van der Waals surface area (Å²) < 4.78 is 4.96. The molecule has 1 heterocycles. The van der Waals surface area contributed by atoms with Crippen molar-refractivity contribution in [1.82, 2.24) is 4.98 Å². The molecule has 0 saturated heterocycles. The van der Waals surface area contributed by atoms with Crippen molar-refractivity contribution in [2.75, 3.05) is 12.0 Å². The molecule has 0 aliphatic rings. The van der Waals surface area contributed by atoms with Crippen molar-refractivity contribution in [2.24, 2.45) is 5.10 Å². The SMILES string of the molecule is CCOC(=O)c1sc(N/N=C\c2ccccc2)nc1C. The standard InChI is InChI=1S/C14H15N3O2S/c1-3-19-13(18)12-10(2)16-14(20-12)17-15-9-11-7-5-4-6-8-11/h4-9H,3H2,1-2H3,(H,16,17)/b15-9-. The third-order valence-corrected chi connectivity index (χ3v) is 3.47. The van der Waals surface area contributed by atoms with Crippen LogP contribution in [-0.2, 0) is 4.74 Å². The molecule has 2 rings (SSSR count). The molecule has 104 valence electrons. The second kappa shape index (κ2) is 6.81. The van der Waals surface area contributed by atoms with E-state index in [0.29, 0.717) is 22.3 Å². The number of hydrazone groups is 1. The molecule has 0 bridgehead atoms. The molecule has 0 saturated carbocycles. The zero-order chi connectivity index (χ0) is 14.4. The van der Waals surface area contributed by atoms with Crippen LogP contribution in [0.25, 0.3) is 0 Å². The molecule has 1 N–H and O–H groups in total. The molecule has 0 atom stereocenters. The summed E-state index contributed by atoms with van der Waals surface area (Å²) in [6.45, 7) is 3.90. The zero-order valence-corrected chi connectivity index (χ0v) is 12.1. The van der Waals surface area contributed by atoms with E-state index in [9.17, 15) is 4.79 Å². The molecule has 0 unspecified atom stereocenters. The van der Waals surface area contributed by atoms with Crippen LogP contribution in [0.3, 0.4) is 0 Å². The van der Waals surface area contributed by atoms with Gasteiger partial charge in [-0.2, -0.15) is 5.10 Å². The number of nitrogens with zero attached hydrogens (tertiary/aromatic N) is 2. The van der Waals surface area contributed by atoms with Gasteiger partial charge in [0.05, 0.1) is 18.5 Å². The lowest BCUT2D eigenvalue weighted by molar-refractivity contribution is 0.0531. The molecule has 0 fully saturated rings. The fraction of sp³-hybridized carbons (Fsp3) is 0.214. The molecular weight excluding hydrogens is 274 g/mol. The Labute approximate surface area is 121 Å². The highest BCUT2D eigenvalue weighted by Crippen LogP contribution is 2.23. The second-order valence-electron chi connectivity index (χ2n) is 3.93. The molecule has 5 nitrogen and oxygen atoms in total. The van der Waals surface area contributed by atoms with Crippen LogP contribution in [0, 0.1) is 6.92 Å². The van der Waals surface area contributed by atoms with E-state index in [1.54, 1.807) is 20.1 Å². The number of ether oxygens (including phenoxy) is 1. The Kier molecular flexibility index (Phi) is 4.84. The fourth-order valence-corrected chi connectivity index (χ4v) is 2.34. The van der Waals surface area contributed by atoms with Gasteiger partial charge in [-0.25, -0.2) is 9.78 Å². The van der Waals surface area contributed by atoms with Crippen LogP contribution >= 0.6 is 11.3 Å². The average Bonchev–Trinajstić information content (AvgIpc) is 2.81. The quantitative estimate of drug-likeness (QED) is 0.522. The number of benzene rings is 1. The van der Waals surface area contributed by atoms with E-state index in [-0.39, 0.29) is 5.97 Å². The van der Waals surface area contributed by atoms with Crippen LogP contribution in [0.1, 0.15) is 27.9 Å². The maximum absolute atomic E-state index is 11.7. The number of rotatable bonds is 5. The number of esters is 1. The molecule has 1 aromatic heterocycles. The first-order chi connectivity index (χ1) is 9.70. The third-order valence-electron chi connectivity index (χ3n) is 2.43. The summed E-state index contributed by atoms with van der Waals surface area (Å²) in [5, 5.41) is 4.66. The Balaban J connectivity index is 2.02. The monoisotopic (exact) mass is 289 g/mol. The van der Waals surface area contributed by atoms with Crippen LogP contribution < -0.4 is 5.43 Å². The number of hydrogen-bond donors (Lipinski definition) is 1. The van der Waals surface area contributed by atoms with Crippen molar-refractivity contribution in [2.45, 2.75) is 13.8 Å². The number of thiazole rings is 1. The van der Waals surface area contributed by atoms with Crippen LogP contribution in [0.5, 0.6) is 0 Å². The highest BCUT2D eigenvalue weighted by atomic mass is 32.1. The number of aromatic nitrogens is 1. The maximum atomic E-state index is 11.7. The normalized spacial score (nSPS) is 10.7. The van der Waals surface area contributed by atoms with Gasteiger partial charge < -0.3 is 4.74 Å². The van der Waals surface area contributed by atoms with Crippen molar-refractivity contribution >= 4 is 28.7 Å². The Morgan fingerprint density at radius 1 is 1.45 bits per heavy atom. The topological polar surface area (TPSA) is 63.6 Å². The number of nitrogens with one attached hydrogen (secondary N) is 1. The minimum Gasteiger partial charge on any atom is -0.462 e. The van der Waals surface area contributed by atoms with Crippen molar-refractivity contribution in [3.05, 3.63) is 46.5 Å². The van der Waals surface area contributed by atoms with Crippen LogP contribution in [0.4, 0.5) is 5.13 Å². The number of aryl methyl sites for hydroxylation is 1. The maximum Gasteiger partial charge on any atom is 0.350 e. The van der Waals surface area contributed by atoms with Gasteiger partial charge in [-0.3, -0.25) is 5.43 Å². The fourth-order valence-electron chi connectivity index (χ4n) is 1.53. The van der Waals surface area contributed by atoms with Crippen LogP contribution in [-0.4, -0.2) is 23.8 Å². The van der Waals surface area contributed by atoms with Crippen LogP contribution in [0.15, 0.2) is 35.4 Å². The van der Waals surface area contributed by atoms with Gasteiger partial charge in [0, 0.05) is 0 Å². The van der Waals surface area contributed by atoms with E-state index in [1.807, 2.05) is 30.3 Å². The summed E-state index contributed by atoms with van der Waals surface area (Å²) >= 11 is 1.23. The van der Waals surface area contributed by atoms with Gasteiger partial charge in [-0.05, 0) is 19.4 Å². The molecular formula is C14H15N3O2S. The van der Waals surface area contributed by atoms with E-state index in [2.05, 4.69) is 15.5 Å².